The topological polar surface area (TPSA) is 77.4 Å². The number of benzene rings is 1. The molecule has 1 aliphatic rings. The third-order valence-corrected chi connectivity index (χ3v) is 4.65. The first-order valence-electron chi connectivity index (χ1n) is 8.85. The molecular weight excluding hydrogens is 368 g/mol. The summed E-state index contributed by atoms with van der Waals surface area (Å²) in [5, 5.41) is 10.6. The van der Waals surface area contributed by atoms with E-state index in [1.54, 1.807) is 11.8 Å². The summed E-state index contributed by atoms with van der Waals surface area (Å²) >= 11 is 0. The smallest absolute Gasteiger partial charge is 0.225 e. The van der Waals surface area contributed by atoms with Gasteiger partial charge in [-0.05, 0) is 23.3 Å². The van der Waals surface area contributed by atoms with Crippen molar-refractivity contribution in [1.82, 2.24) is 20.4 Å². The minimum absolute atomic E-state index is 0. The Morgan fingerprint density at radius 2 is 2.07 bits per heavy atom. The highest BCUT2D eigenvalue weighted by atomic mass is 35.5. The van der Waals surface area contributed by atoms with E-state index >= 15 is 0 Å². The van der Waals surface area contributed by atoms with E-state index < -0.39 is 0 Å². The average Bonchev–Trinajstić information content (AvgIpc) is 3.29. The molecule has 2 aromatic rings. The minimum atomic E-state index is -0.0733. The van der Waals surface area contributed by atoms with E-state index in [1.807, 2.05) is 43.7 Å². The molecule has 1 amide bonds. The molecule has 1 saturated heterocycles. The van der Waals surface area contributed by atoms with E-state index in [0.717, 1.165) is 23.4 Å². The van der Waals surface area contributed by atoms with Crippen LogP contribution in [0.4, 0.5) is 0 Å². The molecule has 0 aliphatic carbocycles. The van der Waals surface area contributed by atoms with Crippen LogP contribution in [0, 0.1) is 5.92 Å². The molecule has 0 spiro atoms. The first-order valence-corrected chi connectivity index (χ1v) is 8.85. The molecule has 148 valence electrons. The molecule has 0 unspecified atom stereocenters. The third kappa shape index (κ3) is 5.69. The van der Waals surface area contributed by atoms with Crippen molar-refractivity contribution in [2.24, 2.45) is 13.0 Å². The van der Waals surface area contributed by atoms with E-state index in [0.29, 0.717) is 26.3 Å². The second-order valence-corrected chi connectivity index (χ2v) is 6.52. The summed E-state index contributed by atoms with van der Waals surface area (Å²) in [4.78, 5) is 12.6. The largest absolute Gasteiger partial charge is 0.491 e. The van der Waals surface area contributed by atoms with Gasteiger partial charge in [-0.2, -0.15) is 5.10 Å². The molecule has 0 bridgehead atoms. The van der Waals surface area contributed by atoms with Gasteiger partial charge in [-0.25, -0.2) is 0 Å². The summed E-state index contributed by atoms with van der Waals surface area (Å²) in [5.74, 6) is 0.967. The van der Waals surface area contributed by atoms with Crippen LogP contribution in [-0.2, 0) is 23.1 Å². The van der Waals surface area contributed by atoms with Gasteiger partial charge in [0.05, 0.1) is 18.7 Å². The summed E-state index contributed by atoms with van der Waals surface area (Å²) in [6.07, 6.45) is 3.83. The predicted molar refractivity (Wildman–Crippen MR) is 105 cm³/mol. The quantitative estimate of drug-likeness (QED) is 0.663. The van der Waals surface area contributed by atoms with Gasteiger partial charge in [0.2, 0.25) is 5.91 Å². The number of amides is 1. The van der Waals surface area contributed by atoms with Crippen molar-refractivity contribution >= 4 is 18.3 Å². The lowest BCUT2D eigenvalue weighted by atomic mass is 9.90. The highest BCUT2D eigenvalue weighted by molar-refractivity contribution is 5.85. The number of aromatic nitrogens is 2. The number of hydrogen-bond donors (Lipinski definition) is 2. The lowest BCUT2D eigenvalue weighted by Gasteiger charge is -2.17. The first-order chi connectivity index (χ1) is 12.7. The maximum atomic E-state index is 12.6. The molecule has 2 N–H and O–H groups in total. The van der Waals surface area contributed by atoms with Crippen molar-refractivity contribution in [1.29, 1.82) is 0 Å². The van der Waals surface area contributed by atoms with Crippen LogP contribution in [0.2, 0.25) is 0 Å². The molecule has 2 heterocycles. The van der Waals surface area contributed by atoms with E-state index in [4.69, 9.17) is 9.47 Å². The average molecular weight is 395 g/mol. The van der Waals surface area contributed by atoms with Gasteiger partial charge in [-0.3, -0.25) is 9.48 Å². The molecular formula is C19H27ClN4O3. The van der Waals surface area contributed by atoms with Crippen molar-refractivity contribution in [2.75, 3.05) is 33.4 Å². The molecule has 7 nitrogen and oxygen atoms in total. The fraction of sp³-hybridized carbons (Fsp3) is 0.474. The molecule has 0 saturated carbocycles. The summed E-state index contributed by atoms with van der Waals surface area (Å²) in [6.45, 7) is 3.09. The zero-order valence-electron chi connectivity index (χ0n) is 15.7. The Morgan fingerprint density at radius 1 is 1.30 bits per heavy atom. The van der Waals surface area contributed by atoms with Gasteiger partial charge >= 0.3 is 0 Å². The van der Waals surface area contributed by atoms with Crippen molar-refractivity contribution < 1.29 is 14.3 Å². The van der Waals surface area contributed by atoms with E-state index in [1.165, 1.54) is 0 Å². The Morgan fingerprint density at radius 3 is 2.74 bits per heavy atom. The molecule has 1 aromatic carbocycles. The number of aryl methyl sites for hydroxylation is 1. The zero-order chi connectivity index (χ0) is 18.4. The molecule has 8 heteroatoms. The number of nitrogens with zero attached hydrogens (tertiary/aromatic N) is 2. The summed E-state index contributed by atoms with van der Waals surface area (Å²) in [7, 11) is 3.54. The Kier molecular flexibility index (Phi) is 8.09. The maximum Gasteiger partial charge on any atom is 0.225 e. The monoisotopic (exact) mass is 394 g/mol. The van der Waals surface area contributed by atoms with Crippen LogP contribution >= 0.6 is 12.4 Å². The summed E-state index contributed by atoms with van der Waals surface area (Å²) in [6, 6.07) is 7.75. The van der Waals surface area contributed by atoms with Gasteiger partial charge in [-0.15, -0.1) is 12.4 Å². The van der Waals surface area contributed by atoms with Gasteiger partial charge in [0.1, 0.15) is 12.4 Å². The Hall–Kier alpha value is -2.09. The third-order valence-electron chi connectivity index (χ3n) is 4.65. The van der Waals surface area contributed by atoms with Gasteiger partial charge in [0, 0.05) is 45.9 Å². The number of ether oxygens (including phenoxy) is 2. The molecule has 3 rings (SSSR count). The minimum Gasteiger partial charge on any atom is -0.491 e. The number of halogens is 1. The van der Waals surface area contributed by atoms with Crippen LogP contribution < -0.4 is 15.4 Å². The van der Waals surface area contributed by atoms with Crippen molar-refractivity contribution in [2.45, 2.75) is 12.5 Å². The van der Waals surface area contributed by atoms with Crippen LogP contribution in [0.25, 0.3) is 0 Å². The summed E-state index contributed by atoms with van der Waals surface area (Å²) < 4.78 is 12.3. The lowest BCUT2D eigenvalue weighted by Crippen LogP contribution is -2.33. The van der Waals surface area contributed by atoms with E-state index in [2.05, 4.69) is 15.7 Å². The summed E-state index contributed by atoms with van der Waals surface area (Å²) in [5.41, 5.74) is 2.15. The fourth-order valence-electron chi connectivity index (χ4n) is 3.20. The zero-order valence-corrected chi connectivity index (χ0v) is 16.5. The van der Waals surface area contributed by atoms with Crippen LogP contribution in [-0.4, -0.2) is 49.1 Å². The molecule has 0 radical (unpaired) electrons. The van der Waals surface area contributed by atoms with Crippen LogP contribution in [0.1, 0.15) is 17.0 Å². The van der Waals surface area contributed by atoms with Gasteiger partial charge < -0.3 is 20.1 Å². The predicted octanol–water partition coefficient (Wildman–Crippen LogP) is 1.49. The number of hydrogen-bond acceptors (Lipinski definition) is 5. The number of methoxy groups -OCH3 is 1. The molecule has 1 aromatic heterocycles. The normalized spacial score (nSPS) is 18.7. The number of nitrogens with one attached hydrogen (secondary N) is 2. The lowest BCUT2D eigenvalue weighted by molar-refractivity contribution is -0.125. The van der Waals surface area contributed by atoms with Gasteiger partial charge in [0.25, 0.3) is 0 Å². The number of rotatable bonds is 8. The fourth-order valence-corrected chi connectivity index (χ4v) is 3.20. The van der Waals surface area contributed by atoms with Gasteiger partial charge in [0.15, 0.2) is 0 Å². The highest BCUT2D eigenvalue weighted by Crippen LogP contribution is 2.28. The molecule has 2 atom stereocenters. The van der Waals surface area contributed by atoms with E-state index in [9.17, 15) is 4.79 Å². The second kappa shape index (κ2) is 10.3. The molecule has 1 aliphatic heterocycles. The van der Waals surface area contributed by atoms with Crippen LogP contribution in [0.3, 0.4) is 0 Å². The van der Waals surface area contributed by atoms with Gasteiger partial charge in [-0.1, -0.05) is 12.1 Å². The Bertz CT molecular complexity index is 720. The molecule has 1 fully saturated rings. The van der Waals surface area contributed by atoms with E-state index in [-0.39, 0.29) is 30.2 Å². The number of carbonyl (C=O) groups excluding carboxylic acids is 1. The Balaban J connectivity index is 0.00000261. The highest BCUT2D eigenvalue weighted by Gasteiger charge is 2.34. The SMILES string of the molecule is COCCOc1ccc(CNC(=O)[C@H]2CNC[C@@H]2c2cnn(C)c2)cc1.Cl. The van der Waals surface area contributed by atoms with Crippen LogP contribution in [0.5, 0.6) is 5.75 Å². The van der Waals surface area contributed by atoms with Crippen molar-refractivity contribution in [3.05, 3.63) is 47.8 Å². The van der Waals surface area contributed by atoms with Crippen molar-refractivity contribution in [3.8, 4) is 5.75 Å². The van der Waals surface area contributed by atoms with Crippen molar-refractivity contribution in [3.63, 3.8) is 0 Å². The Labute approximate surface area is 165 Å². The van der Waals surface area contributed by atoms with Crippen LogP contribution in [0.15, 0.2) is 36.7 Å². The molecule has 27 heavy (non-hydrogen) atoms. The first kappa shape index (κ1) is 21.2. The second-order valence-electron chi connectivity index (χ2n) is 6.52. The number of carbonyl (C=O) groups is 1. The maximum absolute atomic E-state index is 12.6. The standard InChI is InChI=1S/C19H26N4O3.ClH/c1-23-13-15(10-22-23)17-11-20-12-18(17)19(24)21-9-14-3-5-16(6-4-14)26-8-7-25-2;/h3-6,10,13,17-18,20H,7-9,11-12H2,1-2H3,(H,21,24);1H/t17-,18+;/m1./s1.